The lowest BCUT2D eigenvalue weighted by atomic mass is 9.97. The summed E-state index contributed by atoms with van der Waals surface area (Å²) in [5.74, 6) is 1.11. The van der Waals surface area contributed by atoms with Gasteiger partial charge in [0.1, 0.15) is 5.75 Å². The molecule has 33 heavy (non-hydrogen) atoms. The molecule has 6 nitrogen and oxygen atoms in total. The lowest BCUT2D eigenvalue weighted by Crippen LogP contribution is -2.39. The first-order valence-corrected chi connectivity index (χ1v) is 12.6. The van der Waals surface area contributed by atoms with Crippen LogP contribution in [0.15, 0.2) is 89.8 Å². The molecule has 0 spiro atoms. The smallest absolute Gasteiger partial charge is 0.253 e. The molecule has 1 fully saturated rings. The summed E-state index contributed by atoms with van der Waals surface area (Å²) < 4.78 is 33.9. The third kappa shape index (κ3) is 6.21. The van der Waals surface area contributed by atoms with E-state index < -0.39 is 10.0 Å². The molecule has 1 amide bonds. The van der Waals surface area contributed by atoms with Gasteiger partial charge in [0.25, 0.3) is 5.91 Å². The van der Waals surface area contributed by atoms with Crippen LogP contribution in [-0.4, -0.2) is 38.9 Å². The molecule has 172 valence electrons. The fraction of sp³-hybridized carbons (Fsp3) is 0.269. The Balaban J connectivity index is 1.33. The van der Waals surface area contributed by atoms with Gasteiger partial charge in [-0.3, -0.25) is 4.79 Å². The Morgan fingerprint density at radius 3 is 2.27 bits per heavy atom. The van der Waals surface area contributed by atoms with E-state index in [1.54, 1.807) is 17.0 Å². The van der Waals surface area contributed by atoms with Crippen LogP contribution in [0, 0.1) is 5.92 Å². The van der Waals surface area contributed by atoms with E-state index in [0.29, 0.717) is 31.2 Å². The van der Waals surface area contributed by atoms with Crippen LogP contribution in [-0.2, 0) is 16.6 Å². The fourth-order valence-corrected chi connectivity index (χ4v) is 4.93. The van der Waals surface area contributed by atoms with Gasteiger partial charge in [-0.15, -0.1) is 0 Å². The molecule has 0 aromatic heterocycles. The third-order valence-corrected chi connectivity index (χ3v) is 7.23. The third-order valence-electron chi connectivity index (χ3n) is 5.83. The van der Waals surface area contributed by atoms with Gasteiger partial charge >= 0.3 is 0 Å². The molecular formula is C26H28N2O4S. The molecule has 0 radical (unpaired) electrons. The standard InChI is InChI=1S/C26H28N2O4S/c29-26(28-16-14-22(15-17-28)20-32-24-11-5-2-6-12-24)23-10-7-13-25(18-23)33(30,31)27-19-21-8-3-1-4-9-21/h1-13,18,22,27H,14-17,19-20H2. The first-order chi connectivity index (χ1) is 16.0. The topological polar surface area (TPSA) is 75.7 Å². The minimum atomic E-state index is -3.72. The van der Waals surface area contributed by atoms with Gasteiger partial charge in [0, 0.05) is 25.2 Å². The number of ether oxygens (including phenoxy) is 1. The van der Waals surface area contributed by atoms with Crippen molar-refractivity contribution in [2.75, 3.05) is 19.7 Å². The number of carbonyl (C=O) groups is 1. The Hall–Kier alpha value is -3.16. The predicted octanol–water partition coefficient (Wildman–Crippen LogP) is 4.10. The molecule has 1 N–H and O–H groups in total. The number of likely N-dealkylation sites (tertiary alicyclic amines) is 1. The van der Waals surface area contributed by atoms with Gasteiger partial charge in [-0.05, 0) is 54.7 Å². The monoisotopic (exact) mass is 464 g/mol. The first-order valence-electron chi connectivity index (χ1n) is 11.1. The Labute approximate surface area is 195 Å². The Kier molecular flexibility index (Phi) is 7.42. The summed E-state index contributed by atoms with van der Waals surface area (Å²) in [6, 6.07) is 25.3. The highest BCUT2D eigenvalue weighted by atomic mass is 32.2. The van der Waals surface area contributed by atoms with Gasteiger partial charge in [0.15, 0.2) is 0 Å². The number of piperidine rings is 1. The summed E-state index contributed by atoms with van der Waals surface area (Å²) in [7, 11) is -3.72. The van der Waals surface area contributed by atoms with Crippen LogP contribution in [0.5, 0.6) is 5.75 Å². The molecule has 0 bridgehead atoms. The van der Waals surface area contributed by atoms with Crippen molar-refractivity contribution in [3.63, 3.8) is 0 Å². The molecule has 0 atom stereocenters. The zero-order valence-corrected chi connectivity index (χ0v) is 19.2. The summed E-state index contributed by atoms with van der Waals surface area (Å²) in [5, 5.41) is 0. The summed E-state index contributed by atoms with van der Waals surface area (Å²) >= 11 is 0. The van der Waals surface area contributed by atoms with Crippen molar-refractivity contribution >= 4 is 15.9 Å². The molecule has 0 unspecified atom stereocenters. The number of benzene rings is 3. The molecule has 3 aromatic rings. The summed E-state index contributed by atoms with van der Waals surface area (Å²) in [5.41, 5.74) is 1.25. The van der Waals surface area contributed by atoms with E-state index in [4.69, 9.17) is 4.74 Å². The van der Waals surface area contributed by atoms with Gasteiger partial charge in [-0.25, -0.2) is 13.1 Å². The molecule has 3 aromatic carbocycles. The van der Waals surface area contributed by atoms with Crippen LogP contribution >= 0.6 is 0 Å². The van der Waals surface area contributed by atoms with Gasteiger partial charge in [0.2, 0.25) is 10.0 Å². The van der Waals surface area contributed by atoms with Crippen LogP contribution < -0.4 is 9.46 Å². The van der Waals surface area contributed by atoms with E-state index in [1.165, 1.54) is 12.1 Å². The SMILES string of the molecule is O=C(c1cccc(S(=O)(=O)NCc2ccccc2)c1)N1CCC(COc2ccccc2)CC1. The van der Waals surface area contributed by atoms with Crippen LogP contribution in [0.3, 0.4) is 0 Å². The minimum Gasteiger partial charge on any atom is -0.493 e. The molecule has 1 saturated heterocycles. The number of hydrogen-bond donors (Lipinski definition) is 1. The van der Waals surface area contributed by atoms with E-state index in [9.17, 15) is 13.2 Å². The van der Waals surface area contributed by atoms with E-state index in [0.717, 1.165) is 24.2 Å². The number of rotatable bonds is 8. The van der Waals surface area contributed by atoms with Crippen molar-refractivity contribution < 1.29 is 17.9 Å². The molecule has 7 heteroatoms. The highest BCUT2D eigenvalue weighted by Gasteiger charge is 2.25. The average Bonchev–Trinajstić information content (AvgIpc) is 2.87. The van der Waals surface area contributed by atoms with E-state index in [2.05, 4.69) is 4.72 Å². The predicted molar refractivity (Wildman–Crippen MR) is 127 cm³/mol. The number of nitrogens with zero attached hydrogens (tertiary/aromatic N) is 1. The quantitative estimate of drug-likeness (QED) is 0.545. The Morgan fingerprint density at radius 1 is 0.909 bits per heavy atom. The van der Waals surface area contributed by atoms with Crippen LogP contribution in [0.2, 0.25) is 0 Å². The molecule has 4 rings (SSSR count). The van der Waals surface area contributed by atoms with Crippen molar-refractivity contribution in [3.8, 4) is 5.75 Å². The maximum absolute atomic E-state index is 13.0. The van der Waals surface area contributed by atoms with Crippen molar-refractivity contribution in [2.24, 2.45) is 5.92 Å². The number of hydrogen-bond acceptors (Lipinski definition) is 4. The number of amides is 1. The first kappa shape index (κ1) is 23.0. The number of sulfonamides is 1. The van der Waals surface area contributed by atoms with Gasteiger partial charge < -0.3 is 9.64 Å². The zero-order valence-electron chi connectivity index (χ0n) is 18.4. The highest BCUT2D eigenvalue weighted by Crippen LogP contribution is 2.22. The van der Waals surface area contributed by atoms with E-state index in [1.807, 2.05) is 60.7 Å². The summed E-state index contributed by atoms with van der Waals surface area (Å²) in [6.07, 6.45) is 1.71. The maximum Gasteiger partial charge on any atom is 0.253 e. The van der Waals surface area contributed by atoms with Crippen molar-refractivity contribution in [1.82, 2.24) is 9.62 Å². The Bertz CT molecular complexity index is 1160. The average molecular weight is 465 g/mol. The minimum absolute atomic E-state index is 0.0930. The van der Waals surface area contributed by atoms with Crippen LogP contribution in [0.1, 0.15) is 28.8 Å². The van der Waals surface area contributed by atoms with Crippen LogP contribution in [0.4, 0.5) is 0 Å². The second-order valence-corrected chi connectivity index (χ2v) is 9.96. The maximum atomic E-state index is 13.0. The fourth-order valence-electron chi connectivity index (χ4n) is 3.87. The van der Waals surface area contributed by atoms with Crippen molar-refractivity contribution in [2.45, 2.75) is 24.3 Å². The summed E-state index contributed by atoms with van der Waals surface area (Å²) in [4.78, 5) is 14.9. The summed E-state index contributed by atoms with van der Waals surface area (Å²) in [6.45, 7) is 2.09. The lowest BCUT2D eigenvalue weighted by molar-refractivity contribution is 0.0661. The van der Waals surface area contributed by atoms with Gasteiger partial charge in [-0.2, -0.15) is 0 Å². The normalized spacial score (nSPS) is 14.7. The second kappa shape index (κ2) is 10.6. The van der Waals surface area contributed by atoms with Crippen molar-refractivity contribution in [3.05, 3.63) is 96.1 Å². The molecule has 1 aliphatic heterocycles. The number of nitrogens with one attached hydrogen (secondary N) is 1. The number of carbonyl (C=O) groups excluding carboxylic acids is 1. The van der Waals surface area contributed by atoms with Gasteiger partial charge in [-0.1, -0.05) is 54.6 Å². The van der Waals surface area contributed by atoms with E-state index in [-0.39, 0.29) is 17.3 Å². The number of para-hydroxylation sites is 1. The molecule has 1 heterocycles. The molecule has 0 aliphatic carbocycles. The van der Waals surface area contributed by atoms with Crippen LogP contribution in [0.25, 0.3) is 0 Å². The van der Waals surface area contributed by atoms with Crippen molar-refractivity contribution in [1.29, 1.82) is 0 Å². The largest absolute Gasteiger partial charge is 0.493 e. The van der Waals surface area contributed by atoms with Gasteiger partial charge in [0.05, 0.1) is 11.5 Å². The molecular weight excluding hydrogens is 436 g/mol. The zero-order chi connectivity index (χ0) is 23.1. The molecule has 1 aliphatic rings. The van der Waals surface area contributed by atoms with E-state index >= 15 is 0 Å². The highest BCUT2D eigenvalue weighted by molar-refractivity contribution is 7.89. The second-order valence-electron chi connectivity index (χ2n) is 8.20. The lowest BCUT2D eigenvalue weighted by Gasteiger charge is -2.32. The Morgan fingerprint density at radius 2 is 1.58 bits per heavy atom. The molecule has 0 saturated carbocycles.